The molecule has 1 aliphatic heterocycles. The Morgan fingerprint density at radius 1 is 1.11 bits per heavy atom. The van der Waals surface area contributed by atoms with E-state index in [0.717, 1.165) is 46.2 Å². The highest BCUT2D eigenvalue weighted by atomic mass is 16.5. The Kier molecular flexibility index (Phi) is 3.57. The molecule has 6 heteroatoms. The molecule has 1 unspecified atom stereocenters. The topological polar surface area (TPSA) is 64.3 Å². The van der Waals surface area contributed by atoms with Gasteiger partial charge >= 0.3 is 0 Å². The molecule has 0 saturated carbocycles. The van der Waals surface area contributed by atoms with E-state index >= 15 is 0 Å². The van der Waals surface area contributed by atoms with Gasteiger partial charge in [-0.1, -0.05) is 0 Å². The van der Waals surface area contributed by atoms with Gasteiger partial charge in [-0.15, -0.1) is 0 Å². The van der Waals surface area contributed by atoms with Crippen molar-refractivity contribution in [2.75, 3.05) is 11.9 Å². The molecule has 3 aromatic heterocycles. The Balaban J connectivity index is 1.74. The van der Waals surface area contributed by atoms with Gasteiger partial charge in [0.2, 0.25) is 5.78 Å². The number of imidazole rings is 1. The number of rotatable bonds is 2. The summed E-state index contributed by atoms with van der Waals surface area (Å²) >= 11 is 0. The van der Waals surface area contributed by atoms with Crippen molar-refractivity contribution in [3.63, 3.8) is 0 Å². The van der Waals surface area contributed by atoms with Gasteiger partial charge in [-0.2, -0.15) is 0 Å². The maximum Gasteiger partial charge on any atom is 0.234 e. The third-order valence-electron chi connectivity index (χ3n) is 4.73. The number of hydrogen-bond acceptors (Lipinski definition) is 5. The molecule has 4 heterocycles. The molecule has 0 aliphatic carbocycles. The van der Waals surface area contributed by atoms with Crippen molar-refractivity contribution < 1.29 is 4.74 Å². The van der Waals surface area contributed by atoms with Crippen LogP contribution in [0.5, 0.6) is 5.75 Å². The Morgan fingerprint density at radius 2 is 2.04 bits per heavy atom. The van der Waals surface area contributed by atoms with E-state index in [9.17, 15) is 0 Å². The Morgan fingerprint density at radius 3 is 2.93 bits per heavy atom. The average Bonchev–Trinajstić information content (AvgIpc) is 3.07. The minimum atomic E-state index is 0.165. The second-order valence-corrected chi connectivity index (χ2v) is 6.80. The summed E-state index contributed by atoms with van der Waals surface area (Å²) in [5, 5.41) is 3.45. The van der Waals surface area contributed by atoms with E-state index in [2.05, 4.69) is 34.3 Å². The fraction of sp³-hybridized carbons (Fsp3) is 0.190. The normalized spacial score (nSPS) is 15.9. The van der Waals surface area contributed by atoms with Crippen molar-refractivity contribution in [3.05, 3.63) is 60.7 Å². The molecular formula is C21H19N5O. The molecule has 0 radical (unpaired) electrons. The van der Waals surface area contributed by atoms with Crippen molar-refractivity contribution in [2.45, 2.75) is 20.0 Å². The van der Waals surface area contributed by atoms with Crippen molar-refractivity contribution in [1.29, 1.82) is 0 Å². The van der Waals surface area contributed by atoms with E-state index in [1.165, 1.54) is 0 Å². The summed E-state index contributed by atoms with van der Waals surface area (Å²) in [5.41, 5.74) is 5.94. The molecule has 0 bridgehead atoms. The minimum Gasteiger partial charge on any atom is -0.487 e. The highest BCUT2D eigenvalue weighted by Crippen LogP contribution is 2.37. The lowest BCUT2D eigenvalue weighted by Crippen LogP contribution is -2.27. The Labute approximate surface area is 156 Å². The van der Waals surface area contributed by atoms with Crippen LogP contribution in [0.1, 0.15) is 12.6 Å². The highest BCUT2D eigenvalue weighted by molar-refractivity contribution is 5.83. The number of nitrogens with zero attached hydrogens (tertiary/aromatic N) is 4. The van der Waals surface area contributed by atoms with Crippen LogP contribution in [-0.4, -0.2) is 32.0 Å². The van der Waals surface area contributed by atoms with Crippen LogP contribution in [0.25, 0.3) is 28.3 Å². The van der Waals surface area contributed by atoms with Gasteiger partial charge < -0.3 is 10.1 Å². The zero-order valence-electron chi connectivity index (χ0n) is 15.2. The summed E-state index contributed by atoms with van der Waals surface area (Å²) in [6.07, 6.45) is 5.74. The lowest BCUT2D eigenvalue weighted by atomic mass is 10.0. The van der Waals surface area contributed by atoms with E-state index in [0.29, 0.717) is 5.78 Å². The third-order valence-corrected chi connectivity index (χ3v) is 4.73. The summed E-state index contributed by atoms with van der Waals surface area (Å²) in [4.78, 5) is 13.5. The molecule has 0 amide bonds. The van der Waals surface area contributed by atoms with Crippen molar-refractivity contribution in [2.24, 2.45) is 0 Å². The van der Waals surface area contributed by atoms with E-state index in [-0.39, 0.29) is 6.10 Å². The fourth-order valence-corrected chi connectivity index (χ4v) is 3.49. The van der Waals surface area contributed by atoms with Gasteiger partial charge in [-0.25, -0.2) is 9.97 Å². The number of anilines is 1. The van der Waals surface area contributed by atoms with E-state index < -0.39 is 0 Å². The van der Waals surface area contributed by atoms with Gasteiger partial charge in [-0.05, 0) is 50.2 Å². The predicted octanol–water partition coefficient (Wildman–Crippen LogP) is 3.96. The van der Waals surface area contributed by atoms with Crippen LogP contribution >= 0.6 is 0 Å². The first-order valence-corrected chi connectivity index (χ1v) is 9.00. The second-order valence-electron chi connectivity index (χ2n) is 6.80. The third kappa shape index (κ3) is 2.70. The van der Waals surface area contributed by atoms with Crippen LogP contribution in [0, 0.1) is 6.92 Å². The molecule has 1 N–H and O–H groups in total. The van der Waals surface area contributed by atoms with Crippen molar-refractivity contribution in [3.8, 4) is 28.3 Å². The Hall–Kier alpha value is -3.41. The van der Waals surface area contributed by atoms with Crippen LogP contribution in [-0.2, 0) is 0 Å². The number of pyridine rings is 1. The molecule has 0 spiro atoms. The van der Waals surface area contributed by atoms with Crippen LogP contribution in [0.15, 0.2) is 55.0 Å². The number of hydrogen-bond donors (Lipinski definition) is 1. The van der Waals surface area contributed by atoms with Gasteiger partial charge in [0, 0.05) is 35.4 Å². The standard InChI is InChI=1S/C21H19N5O/c1-13-10-15(6-8-22-13)19-20(26-9-3-7-23-21(26)25-19)16-4-5-18-17(11-16)24-12-14(2)27-18/h3-11,14,24H,12H2,1-2H3. The maximum absolute atomic E-state index is 5.92. The predicted molar refractivity (Wildman–Crippen MR) is 105 cm³/mol. The zero-order valence-corrected chi connectivity index (χ0v) is 15.2. The molecule has 1 atom stereocenters. The van der Waals surface area contributed by atoms with Crippen LogP contribution in [0.2, 0.25) is 0 Å². The summed E-state index contributed by atoms with van der Waals surface area (Å²) in [6.45, 7) is 4.84. The molecule has 1 aromatic carbocycles. The zero-order chi connectivity index (χ0) is 18.4. The van der Waals surface area contributed by atoms with Crippen LogP contribution in [0.3, 0.4) is 0 Å². The largest absolute Gasteiger partial charge is 0.487 e. The molecule has 27 heavy (non-hydrogen) atoms. The van der Waals surface area contributed by atoms with Crippen LogP contribution in [0.4, 0.5) is 5.69 Å². The molecule has 1 aliphatic rings. The number of ether oxygens (including phenoxy) is 1. The molecular weight excluding hydrogens is 338 g/mol. The SMILES string of the molecule is Cc1cc(-c2nc3ncccn3c2-c2ccc3c(c2)NCC(C)O3)ccn1. The number of aryl methyl sites for hydroxylation is 1. The van der Waals surface area contributed by atoms with Crippen LogP contribution < -0.4 is 10.1 Å². The molecule has 0 fully saturated rings. The highest BCUT2D eigenvalue weighted by Gasteiger charge is 2.20. The number of nitrogens with one attached hydrogen (secondary N) is 1. The molecule has 6 nitrogen and oxygen atoms in total. The summed E-state index contributed by atoms with van der Waals surface area (Å²) in [6, 6.07) is 12.2. The maximum atomic E-state index is 5.92. The molecule has 5 rings (SSSR count). The average molecular weight is 357 g/mol. The Bertz CT molecular complexity index is 1150. The lowest BCUT2D eigenvalue weighted by Gasteiger charge is -2.25. The van der Waals surface area contributed by atoms with Crippen molar-refractivity contribution in [1.82, 2.24) is 19.4 Å². The van der Waals surface area contributed by atoms with E-state index in [1.807, 2.05) is 48.0 Å². The number of fused-ring (bicyclic) bond motifs is 2. The van der Waals surface area contributed by atoms with Gasteiger partial charge in [0.1, 0.15) is 11.9 Å². The summed E-state index contributed by atoms with van der Waals surface area (Å²) in [5.74, 6) is 1.55. The first-order chi connectivity index (χ1) is 13.2. The first kappa shape index (κ1) is 15.8. The molecule has 0 saturated heterocycles. The summed E-state index contributed by atoms with van der Waals surface area (Å²) < 4.78 is 7.94. The lowest BCUT2D eigenvalue weighted by molar-refractivity contribution is 0.226. The number of benzene rings is 1. The quantitative estimate of drug-likeness (QED) is 0.588. The summed E-state index contributed by atoms with van der Waals surface area (Å²) in [7, 11) is 0. The van der Waals surface area contributed by atoms with Gasteiger partial charge in [0.15, 0.2) is 0 Å². The molecule has 134 valence electrons. The van der Waals surface area contributed by atoms with Gasteiger partial charge in [-0.3, -0.25) is 9.38 Å². The van der Waals surface area contributed by atoms with Gasteiger partial charge in [0.25, 0.3) is 0 Å². The fourth-order valence-electron chi connectivity index (χ4n) is 3.49. The first-order valence-electron chi connectivity index (χ1n) is 9.00. The minimum absolute atomic E-state index is 0.165. The second kappa shape index (κ2) is 6.09. The van der Waals surface area contributed by atoms with Crippen molar-refractivity contribution >= 4 is 11.5 Å². The number of aromatic nitrogens is 4. The van der Waals surface area contributed by atoms with E-state index in [1.54, 1.807) is 6.20 Å². The molecule has 4 aromatic rings. The van der Waals surface area contributed by atoms with Gasteiger partial charge in [0.05, 0.1) is 23.6 Å². The van der Waals surface area contributed by atoms with E-state index in [4.69, 9.17) is 9.72 Å². The monoisotopic (exact) mass is 357 g/mol. The smallest absolute Gasteiger partial charge is 0.234 e.